The smallest absolute Gasteiger partial charge is 0.0243 e. The molecule has 0 amide bonds. The molecule has 1 fully saturated rings. The lowest BCUT2D eigenvalue weighted by molar-refractivity contribution is 0.186. The van der Waals surface area contributed by atoms with Crippen LogP contribution < -0.4 is 5.32 Å². The SMILES string of the molecule is CC(C)(C)C1CN(CC2Cc3ccccc32)CCCN1. The zero-order valence-corrected chi connectivity index (χ0v) is 13.2. The van der Waals surface area contributed by atoms with E-state index in [0.717, 1.165) is 5.92 Å². The third-order valence-electron chi connectivity index (χ3n) is 4.97. The van der Waals surface area contributed by atoms with Gasteiger partial charge in [0.05, 0.1) is 0 Å². The molecule has 0 spiro atoms. The van der Waals surface area contributed by atoms with E-state index < -0.39 is 0 Å². The largest absolute Gasteiger partial charge is 0.312 e. The highest BCUT2D eigenvalue weighted by Crippen LogP contribution is 2.35. The Balaban J connectivity index is 1.63. The Morgan fingerprint density at radius 2 is 2.05 bits per heavy atom. The fourth-order valence-corrected chi connectivity index (χ4v) is 3.58. The minimum atomic E-state index is 0.347. The van der Waals surface area contributed by atoms with Crippen LogP contribution in [0.5, 0.6) is 0 Å². The van der Waals surface area contributed by atoms with Crippen molar-refractivity contribution in [3.05, 3.63) is 35.4 Å². The van der Waals surface area contributed by atoms with E-state index in [2.05, 4.69) is 55.3 Å². The van der Waals surface area contributed by atoms with Crippen LogP contribution in [0.15, 0.2) is 24.3 Å². The van der Waals surface area contributed by atoms with Crippen molar-refractivity contribution in [2.45, 2.75) is 45.6 Å². The normalized spacial score (nSPS) is 27.6. The quantitative estimate of drug-likeness (QED) is 0.890. The maximum absolute atomic E-state index is 3.74. The van der Waals surface area contributed by atoms with Crippen LogP contribution in [-0.4, -0.2) is 37.1 Å². The van der Waals surface area contributed by atoms with Gasteiger partial charge < -0.3 is 10.2 Å². The van der Waals surface area contributed by atoms with Gasteiger partial charge in [0.15, 0.2) is 0 Å². The van der Waals surface area contributed by atoms with Gasteiger partial charge in [-0.05, 0) is 42.5 Å². The first-order valence-corrected chi connectivity index (χ1v) is 8.07. The van der Waals surface area contributed by atoms with Crippen molar-refractivity contribution in [1.29, 1.82) is 0 Å². The highest BCUT2D eigenvalue weighted by Gasteiger charge is 2.31. The van der Waals surface area contributed by atoms with E-state index in [1.165, 1.54) is 39.0 Å². The molecule has 110 valence electrons. The second-order valence-corrected chi connectivity index (χ2v) is 7.59. The maximum Gasteiger partial charge on any atom is 0.0243 e. The van der Waals surface area contributed by atoms with Crippen molar-refractivity contribution in [2.24, 2.45) is 5.41 Å². The number of nitrogens with zero attached hydrogens (tertiary/aromatic N) is 1. The van der Waals surface area contributed by atoms with Gasteiger partial charge in [0.2, 0.25) is 0 Å². The summed E-state index contributed by atoms with van der Waals surface area (Å²) in [5.41, 5.74) is 3.51. The average Bonchev–Trinajstić information content (AvgIpc) is 2.61. The fourth-order valence-electron chi connectivity index (χ4n) is 3.58. The lowest BCUT2D eigenvalue weighted by atomic mass is 9.77. The van der Waals surface area contributed by atoms with Gasteiger partial charge in [0.1, 0.15) is 0 Å². The highest BCUT2D eigenvalue weighted by atomic mass is 15.2. The van der Waals surface area contributed by atoms with Crippen molar-refractivity contribution in [3.63, 3.8) is 0 Å². The molecule has 0 radical (unpaired) electrons. The zero-order chi connectivity index (χ0) is 14.2. The van der Waals surface area contributed by atoms with E-state index in [9.17, 15) is 0 Å². The standard InChI is InChI=1S/C18H28N2/c1-18(2,3)17-13-20(10-6-9-19-17)12-15-11-14-7-4-5-8-16(14)15/h4-5,7-8,15,17,19H,6,9-13H2,1-3H3. The number of hydrogen-bond donors (Lipinski definition) is 1. The highest BCUT2D eigenvalue weighted by molar-refractivity contribution is 5.40. The van der Waals surface area contributed by atoms with Crippen LogP contribution in [0.3, 0.4) is 0 Å². The van der Waals surface area contributed by atoms with Crippen molar-refractivity contribution in [1.82, 2.24) is 10.2 Å². The third kappa shape index (κ3) is 2.91. The Kier molecular flexibility index (Phi) is 3.87. The predicted molar refractivity (Wildman–Crippen MR) is 85.2 cm³/mol. The van der Waals surface area contributed by atoms with E-state index in [4.69, 9.17) is 0 Å². The molecule has 1 saturated heterocycles. The summed E-state index contributed by atoms with van der Waals surface area (Å²) in [5.74, 6) is 0.768. The molecule has 0 aromatic heterocycles. The van der Waals surface area contributed by atoms with Crippen LogP contribution in [0, 0.1) is 5.41 Å². The van der Waals surface area contributed by atoms with E-state index >= 15 is 0 Å². The number of fused-ring (bicyclic) bond motifs is 1. The van der Waals surface area contributed by atoms with E-state index in [0.29, 0.717) is 11.5 Å². The molecular weight excluding hydrogens is 244 g/mol. The molecule has 0 bridgehead atoms. The minimum absolute atomic E-state index is 0.347. The topological polar surface area (TPSA) is 15.3 Å². The summed E-state index contributed by atoms with van der Waals surface area (Å²) in [6.07, 6.45) is 2.56. The zero-order valence-electron chi connectivity index (χ0n) is 13.2. The van der Waals surface area contributed by atoms with Gasteiger partial charge in [-0.3, -0.25) is 0 Å². The molecule has 3 rings (SSSR count). The van der Waals surface area contributed by atoms with Crippen LogP contribution in [0.1, 0.15) is 44.2 Å². The first kappa shape index (κ1) is 14.1. The molecule has 2 aliphatic rings. The monoisotopic (exact) mass is 272 g/mol. The molecule has 1 aliphatic carbocycles. The average molecular weight is 272 g/mol. The second kappa shape index (κ2) is 5.50. The summed E-state index contributed by atoms with van der Waals surface area (Å²) in [6.45, 7) is 11.9. The number of hydrogen-bond acceptors (Lipinski definition) is 2. The molecule has 1 aromatic rings. The van der Waals surface area contributed by atoms with E-state index in [-0.39, 0.29) is 0 Å². The third-order valence-corrected chi connectivity index (χ3v) is 4.97. The Hall–Kier alpha value is -0.860. The van der Waals surface area contributed by atoms with E-state index in [1.54, 1.807) is 11.1 Å². The fraction of sp³-hybridized carbons (Fsp3) is 0.667. The van der Waals surface area contributed by atoms with Crippen molar-refractivity contribution in [3.8, 4) is 0 Å². The summed E-state index contributed by atoms with van der Waals surface area (Å²) in [7, 11) is 0. The van der Waals surface area contributed by atoms with Gasteiger partial charge in [0.25, 0.3) is 0 Å². The minimum Gasteiger partial charge on any atom is -0.312 e. The molecule has 20 heavy (non-hydrogen) atoms. The summed E-state index contributed by atoms with van der Waals surface area (Å²) < 4.78 is 0. The summed E-state index contributed by atoms with van der Waals surface area (Å²) in [4.78, 5) is 2.69. The number of nitrogens with one attached hydrogen (secondary N) is 1. The summed E-state index contributed by atoms with van der Waals surface area (Å²) in [5, 5.41) is 3.74. The first-order valence-electron chi connectivity index (χ1n) is 8.07. The van der Waals surface area contributed by atoms with Crippen LogP contribution in [0.2, 0.25) is 0 Å². The number of rotatable bonds is 2. The van der Waals surface area contributed by atoms with Crippen molar-refractivity contribution < 1.29 is 0 Å². The predicted octanol–water partition coefficient (Wildman–Crippen LogP) is 3.04. The Labute approximate surface area is 123 Å². The first-order chi connectivity index (χ1) is 9.54. The van der Waals surface area contributed by atoms with Gasteiger partial charge >= 0.3 is 0 Å². The van der Waals surface area contributed by atoms with Crippen LogP contribution in [0.4, 0.5) is 0 Å². The van der Waals surface area contributed by atoms with Crippen LogP contribution in [-0.2, 0) is 6.42 Å². The van der Waals surface area contributed by atoms with Gasteiger partial charge in [0, 0.05) is 25.0 Å². The molecule has 2 unspecified atom stereocenters. The lowest BCUT2D eigenvalue weighted by Gasteiger charge is -2.38. The molecular formula is C18H28N2. The summed E-state index contributed by atoms with van der Waals surface area (Å²) >= 11 is 0. The molecule has 1 heterocycles. The van der Waals surface area contributed by atoms with Crippen LogP contribution >= 0.6 is 0 Å². The van der Waals surface area contributed by atoms with Crippen molar-refractivity contribution >= 4 is 0 Å². The summed E-state index contributed by atoms with van der Waals surface area (Å²) in [6, 6.07) is 9.57. The van der Waals surface area contributed by atoms with Crippen LogP contribution in [0.25, 0.3) is 0 Å². The molecule has 2 nitrogen and oxygen atoms in total. The van der Waals surface area contributed by atoms with Gasteiger partial charge in [-0.1, -0.05) is 45.0 Å². The Bertz CT molecular complexity index is 461. The van der Waals surface area contributed by atoms with E-state index in [1.807, 2.05) is 0 Å². The molecule has 0 saturated carbocycles. The Morgan fingerprint density at radius 3 is 2.80 bits per heavy atom. The molecule has 1 aromatic carbocycles. The molecule has 2 heteroatoms. The van der Waals surface area contributed by atoms with Gasteiger partial charge in [-0.15, -0.1) is 0 Å². The lowest BCUT2D eigenvalue weighted by Crippen LogP contribution is -2.47. The molecule has 1 aliphatic heterocycles. The maximum atomic E-state index is 3.74. The molecule has 1 N–H and O–H groups in total. The van der Waals surface area contributed by atoms with Crippen molar-refractivity contribution in [2.75, 3.05) is 26.2 Å². The van der Waals surface area contributed by atoms with Gasteiger partial charge in [-0.2, -0.15) is 0 Å². The number of benzene rings is 1. The Morgan fingerprint density at radius 1 is 1.25 bits per heavy atom. The second-order valence-electron chi connectivity index (χ2n) is 7.59. The van der Waals surface area contributed by atoms with Gasteiger partial charge in [-0.25, -0.2) is 0 Å². The molecule has 2 atom stereocenters.